The van der Waals surface area contributed by atoms with Gasteiger partial charge in [0.05, 0.1) is 0 Å². The van der Waals surface area contributed by atoms with Crippen LogP contribution in [0.25, 0.3) is 0 Å². The smallest absolute Gasteiger partial charge is 0.0493 e. The highest BCUT2D eigenvalue weighted by Gasteiger charge is 2.16. The van der Waals surface area contributed by atoms with E-state index in [2.05, 4.69) is 6.58 Å². The lowest BCUT2D eigenvalue weighted by atomic mass is 10.1. The van der Waals surface area contributed by atoms with Crippen molar-refractivity contribution in [1.82, 2.24) is 0 Å². The molecule has 0 bridgehead atoms. The molecule has 0 N–H and O–H groups in total. The van der Waals surface area contributed by atoms with E-state index in [-0.39, 0.29) is 0 Å². The van der Waals surface area contributed by atoms with Crippen LogP contribution in [0.15, 0.2) is 12.2 Å². The number of ether oxygens (including phenoxy) is 1. The van der Waals surface area contributed by atoms with Crippen molar-refractivity contribution in [2.24, 2.45) is 5.92 Å². The van der Waals surface area contributed by atoms with E-state index in [1.54, 1.807) is 7.11 Å². The first kappa shape index (κ1) is 6.81. The van der Waals surface area contributed by atoms with E-state index in [9.17, 15) is 0 Å². The van der Waals surface area contributed by atoms with Gasteiger partial charge in [-0.25, -0.2) is 0 Å². The molecule has 0 heterocycles. The van der Waals surface area contributed by atoms with Crippen molar-refractivity contribution in [2.75, 3.05) is 13.7 Å². The summed E-state index contributed by atoms with van der Waals surface area (Å²) in [6.45, 7) is 4.85. The monoisotopic (exact) mass is 126 g/mol. The van der Waals surface area contributed by atoms with Gasteiger partial charge in [-0.15, -0.1) is 0 Å². The van der Waals surface area contributed by atoms with Crippen LogP contribution in [0.4, 0.5) is 0 Å². The Hall–Kier alpha value is -0.300. The molecular formula is C8H14O. The second-order valence-corrected chi connectivity index (χ2v) is 2.81. The van der Waals surface area contributed by atoms with Gasteiger partial charge in [-0.3, -0.25) is 0 Å². The predicted octanol–water partition coefficient (Wildman–Crippen LogP) is 1.99. The maximum absolute atomic E-state index is 5.03. The number of allylic oxidation sites excluding steroid dienone is 1. The van der Waals surface area contributed by atoms with Gasteiger partial charge in [-0.05, 0) is 25.2 Å². The first-order valence-corrected chi connectivity index (χ1v) is 3.48. The Bertz CT molecular complexity index is 107. The van der Waals surface area contributed by atoms with E-state index in [0.717, 1.165) is 12.5 Å². The van der Waals surface area contributed by atoms with Crippen LogP contribution in [0.3, 0.4) is 0 Å². The molecular weight excluding hydrogens is 112 g/mol. The molecule has 0 aromatic rings. The van der Waals surface area contributed by atoms with Gasteiger partial charge in [-0.2, -0.15) is 0 Å². The fourth-order valence-electron chi connectivity index (χ4n) is 1.40. The molecule has 0 radical (unpaired) electrons. The summed E-state index contributed by atoms with van der Waals surface area (Å²) < 4.78 is 5.03. The Morgan fingerprint density at radius 3 is 3.00 bits per heavy atom. The molecule has 0 spiro atoms. The average Bonchev–Trinajstić information content (AvgIpc) is 2.17. The Morgan fingerprint density at radius 2 is 2.56 bits per heavy atom. The molecule has 0 aromatic carbocycles. The van der Waals surface area contributed by atoms with Crippen LogP contribution in [0.1, 0.15) is 19.3 Å². The highest BCUT2D eigenvalue weighted by atomic mass is 16.5. The zero-order chi connectivity index (χ0) is 6.69. The van der Waals surface area contributed by atoms with Crippen molar-refractivity contribution in [3.63, 3.8) is 0 Å². The Kier molecular flexibility index (Phi) is 2.29. The predicted molar refractivity (Wildman–Crippen MR) is 38.4 cm³/mol. The van der Waals surface area contributed by atoms with Crippen molar-refractivity contribution < 1.29 is 4.74 Å². The van der Waals surface area contributed by atoms with Crippen LogP contribution in [0.2, 0.25) is 0 Å². The second-order valence-electron chi connectivity index (χ2n) is 2.81. The Labute approximate surface area is 56.7 Å². The molecule has 1 nitrogen and oxygen atoms in total. The minimum Gasteiger partial charge on any atom is -0.384 e. The lowest BCUT2D eigenvalue weighted by molar-refractivity contribution is 0.156. The van der Waals surface area contributed by atoms with Crippen LogP contribution in [-0.2, 0) is 4.74 Å². The summed E-state index contributed by atoms with van der Waals surface area (Å²) in [5, 5.41) is 0. The summed E-state index contributed by atoms with van der Waals surface area (Å²) in [7, 11) is 1.76. The minimum atomic E-state index is 0.766. The Morgan fingerprint density at radius 1 is 1.78 bits per heavy atom. The van der Waals surface area contributed by atoms with Gasteiger partial charge in [-0.1, -0.05) is 12.2 Å². The first-order chi connectivity index (χ1) is 4.33. The number of rotatable bonds is 2. The van der Waals surface area contributed by atoms with Gasteiger partial charge in [0.15, 0.2) is 0 Å². The number of hydrogen-bond donors (Lipinski definition) is 0. The second kappa shape index (κ2) is 3.02. The van der Waals surface area contributed by atoms with E-state index < -0.39 is 0 Å². The molecule has 52 valence electrons. The van der Waals surface area contributed by atoms with Crippen LogP contribution in [0, 0.1) is 5.92 Å². The third-order valence-electron chi connectivity index (χ3n) is 1.89. The zero-order valence-corrected chi connectivity index (χ0v) is 6.02. The molecule has 0 aliphatic heterocycles. The van der Waals surface area contributed by atoms with Crippen molar-refractivity contribution in [2.45, 2.75) is 19.3 Å². The van der Waals surface area contributed by atoms with Crippen LogP contribution >= 0.6 is 0 Å². The molecule has 0 amide bonds. The topological polar surface area (TPSA) is 9.23 Å². The van der Waals surface area contributed by atoms with Gasteiger partial charge < -0.3 is 4.74 Å². The molecule has 0 unspecified atom stereocenters. The fourth-order valence-corrected chi connectivity index (χ4v) is 1.40. The quantitative estimate of drug-likeness (QED) is 0.514. The van der Waals surface area contributed by atoms with Gasteiger partial charge in [0.25, 0.3) is 0 Å². The van der Waals surface area contributed by atoms with Crippen molar-refractivity contribution in [3.8, 4) is 0 Å². The molecule has 0 saturated heterocycles. The molecule has 1 aliphatic rings. The third-order valence-corrected chi connectivity index (χ3v) is 1.89. The molecule has 1 aliphatic carbocycles. The van der Waals surface area contributed by atoms with Crippen molar-refractivity contribution in [3.05, 3.63) is 12.2 Å². The van der Waals surface area contributed by atoms with E-state index in [1.807, 2.05) is 0 Å². The van der Waals surface area contributed by atoms with Gasteiger partial charge in [0.2, 0.25) is 0 Å². The lowest BCUT2D eigenvalue weighted by Gasteiger charge is -2.04. The molecule has 1 heteroatoms. The number of hydrogen-bond acceptors (Lipinski definition) is 1. The van der Waals surface area contributed by atoms with Gasteiger partial charge in [0.1, 0.15) is 0 Å². The van der Waals surface area contributed by atoms with Crippen molar-refractivity contribution in [1.29, 1.82) is 0 Å². The maximum Gasteiger partial charge on any atom is 0.0493 e. The lowest BCUT2D eigenvalue weighted by Crippen LogP contribution is -2.01. The average molecular weight is 126 g/mol. The highest BCUT2D eigenvalue weighted by Crippen LogP contribution is 2.28. The number of methoxy groups -OCH3 is 1. The van der Waals surface area contributed by atoms with E-state index >= 15 is 0 Å². The van der Waals surface area contributed by atoms with E-state index in [0.29, 0.717) is 0 Å². The minimum absolute atomic E-state index is 0.766. The highest BCUT2D eigenvalue weighted by molar-refractivity contribution is 5.01. The fraction of sp³-hybridized carbons (Fsp3) is 0.750. The summed E-state index contributed by atoms with van der Waals surface area (Å²) in [6, 6.07) is 0. The van der Waals surface area contributed by atoms with E-state index in [1.165, 1.54) is 24.8 Å². The van der Waals surface area contributed by atoms with Crippen molar-refractivity contribution >= 4 is 0 Å². The largest absolute Gasteiger partial charge is 0.384 e. The van der Waals surface area contributed by atoms with Crippen LogP contribution in [-0.4, -0.2) is 13.7 Å². The van der Waals surface area contributed by atoms with Crippen LogP contribution < -0.4 is 0 Å². The summed E-state index contributed by atoms with van der Waals surface area (Å²) in [5.41, 5.74) is 1.40. The summed E-state index contributed by atoms with van der Waals surface area (Å²) in [6.07, 6.45) is 3.69. The maximum atomic E-state index is 5.03. The molecule has 1 atom stereocenters. The zero-order valence-electron chi connectivity index (χ0n) is 6.02. The summed E-state index contributed by atoms with van der Waals surface area (Å²) in [4.78, 5) is 0. The molecule has 1 fully saturated rings. The van der Waals surface area contributed by atoms with Gasteiger partial charge >= 0.3 is 0 Å². The standard InChI is InChI=1S/C8H14O/c1-7-3-4-8(5-7)6-9-2/h8H,1,3-6H2,2H3/t8-/m0/s1. The molecule has 1 saturated carbocycles. The Balaban J connectivity index is 2.22. The normalized spacial score (nSPS) is 27.2. The van der Waals surface area contributed by atoms with Crippen LogP contribution in [0.5, 0.6) is 0 Å². The molecule has 9 heavy (non-hydrogen) atoms. The third kappa shape index (κ3) is 1.83. The first-order valence-electron chi connectivity index (χ1n) is 3.48. The molecule has 0 aromatic heterocycles. The summed E-state index contributed by atoms with van der Waals surface area (Å²) >= 11 is 0. The molecule has 1 rings (SSSR count). The summed E-state index contributed by atoms with van der Waals surface area (Å²) in [5.74, 6) is 0.766. The van der Waals surface area contributed by atoms with Gasteiger partial charge in [0, 0.05) is 13.7 Å². The van der Waals surface area contributed by atoms with E-state index in [4.69, 9.17) is 4.74 Å². The SMILES string of the molecule is C=C1CC[C@H](COC)C1.